The van der Waals surface area contributed by atoms with Gasteiger partial charge < -0.3 is 24.1 Å². The number of hydrogen-bond acceptors (Lipinski definition) is 9. The molecule has 1 saturated heterocycles. The first-order valence-electron chi connectivity index (χ1n) is 13.9. The molecule has 0 unspecified atom stereocenters. The normalized spacial score (nSPS) is 20.1. The predicted octanol–water partition coefficient (Wildman–Crippen LogP) is 4.82. The van der Waals surface area contributed by atoms with Crippen molar-refractivity contribution in [1.82, 2.24) is 0 Å². The molecule has 0 bridgehead atoms. The average Bonchev–Trinajstić information content (AvgIpc) is 2.95. The zero-order valence-corrected chi connectivity index (χ0v) is 23.5. The van der Waals surface area contributed by atoms with Gasteiger partial charge in [-0.2, -0.15) is 0 Å². The monoisotopic (exact) mass is 568 g/mol. The van der Waals surface area contributed by atoms with Gasteiger partial charge in [0.25, 0.3) is 0 Å². The van der Waals surface area contributed by atoms with Gasteiger partial charge in [-0.1, -0.05) is 63.2 Å². The van der Waals surface area contributed by atoms with E-state index in [9.17, 15) is 29.1 Å². The summed E-state index contributed by atoms with van der Waals surface area (Å²) in [5, 5.41) is 9.65. The molecule has 1 heterocycles. The average molecular weight is 569 g/mol. The van der Waals surface area contributed by atoms with Gasteiger partial charge >= 0.3 is 23.9 Å². The van der Waals surface area contributed by atoms with Crippen LogP contribution in [0.2, 0.25) is 0 Å². The molecular weight excluding hydrogens is 532 g/mol. The number of hydrogen-bond donors (Lipinski definition) is 1. The Kier molecular flexibility index (Phi) is 11.6. The van der Waals surface area contributed by atoms with Gasteiger partial charge in [-0.3, -0.25) is 19.2 Å². The van der Waals surface area contributed by atoms with Crippen molar-refractivity contribution in [3.63, 3.8) is 0 Å². The summed E-state index contributed by atoms with van der Waals surface area (Å²) in [6.45, 7) is 5.24. The van der Waals surface area contributed by atoms with E-state index < -0.39 is 54.1 Å². The number of ketones is 1. The van der Waals surface area contributed by atoms with Crippen molar-refractivity contribution in [2.75, 3.05) is 6.61 Å². The summed E-state index contributed by atoms with van der Waals surface area (Å²) >= 11 is 0. The van der Waals surface area contributed by atoms with E-state index in [-0.39, 0.29) is 42.6 Å². The summed E-state index contributed by atoms with van der Waals surface area (Å²) in [6.07, 6.45) is -2.77. The standard InChI is InChI=1S/C31H36O10/c1-4-11-24(32)39-23-18-38-28(30(41-26(34)13-6-3)29(23)40-25(33)12-5-2)21-16-9-7-14-19(21)27(35)20-15-8-10-17-22(20)31(36)37/h7-10,14-17,23,28-30H,4-6,11-13,18H2,1-3H3,(H,36,37)/t23-,28+,29+,30-/m1/s1. The molecule has 0 aliphatic carbocycles. The maximum atomic E-state index is 13.7. The van der Waals surface area contributed by atoms with Gasteiger partial charge in [-0.05, 0) is 30.9 Å². The van der Waals surface area contributed by atoms with Gasteiger partial charge in [0.05, 0.1) is 12.2 Å². The van der Waals surface area contributed by atoms with Crippen LogP contribution in [0.4, 0.5) is 0 Å². The summed E-state index contributed by atoms with van der Waals surface area (Å²) in [5.74, 6) is -3.49. The summed E-state index contributed by atoms with van der Waals surface area (Å²) in [7, 11) is 0. The van der Waals surface area contributed by atoms with Crippen molar-refractivity contribution in [2.24, 2.45) is 0 Å². The Hall–Kier alpha value is -4.05. The molecule has 4 atom stereocenters. The Morgan fingerprint density at radius 1 is 0.707 bits per heavy atom. The first-order chi connectivity index (χ1) is 19.7. The number of carboxylic acids is 1. The van der Waals surface area contributed by atoms with Crippen molar-refractivity contribution in [3.05, 3.63) is 70.8 Å². The van der Waals surface area contributed by atoms with Crippen LogP contribution in [0.15, 0.2) is 48.5 Å². The van der Waals surface area contributed by atoms with Gasteiger partial charge in [0.1, 0.15) is 6.10 Å². The largest absolute Gasteiger partial charge is 0.478 e. The van der Waals surface area contributed by atoms with Crippen molar-refractivity contribution in [1.29, 1.82) is 0 Å². The number of esters is 3. The first-order valence-corrected chi connectivity index (χ1v) is 13.9. The maximum Gasteiger partial charge on any atom is 0.336 e. The van der Waals surface area contributed by atoms with Crippen LogP contribution in [0.3, 0.4) is 0 Å². The van der Waals surface area contributed by atoms with Crippen LogP contribution in [0.1, 0.15) is 97.2 Å². The third kappa shape index (κ3) is 8.00. The molecular formula is C31H36O10. The van der Waals surface area contributed by atoms with Crippen molar-refractivity contribution < 1.29 is 48.0 Å². The van der Waals surface area contributed by atoms with E-state index in [1.165, 1.54) is 24.3 Å². The number of carbonyl (C=O) groups excluding carboxylic acids is 4. The molecule has 10 heteroatoms. The molecule has 1 fully saturated rings. The number of aromatic carboxylic acids is 1. The molecule has 0 aromatic heterocycles. The topological polar surface area (TPSA) is 143 Å². The third-order valence-corrected chi connectivity index (χ3v) is 6.52. The van der Waals surface area contributed by atoms with Crippen molar-refractivity contribution in [3.8, 4) is 0 Å². The van der Waals surface area contributed by atoms with Crippen molar-refractivity contribution >= 4 is 29.7 Å². The van der Waals surface area contributed by atoms with Gasteiger partial charge in [0.15, 0.2) is 24.1 Å². The summed E-state index contributed by atoms with van der Waals surface area (Å²) in [5.41, 5.74) is 0.238. The first kappa shape index (κ1) is 31.5. The Bertz CT molecular complexity index is 1250. The fourth-order valence-electron chi connectivity index (χ4n) is 4.64. The van der Waals surface area contributed by atoms with E-state index in [1.54, 1.807) is 31.2 Å². The smallest absolute Gasteiger partial charge is 0.336 e. The van der Waals surface area contributed by atoms with Crippen LogP contribution < -0.4 is 0 Å². The SMILES string of the molecule is CCCC(=O)O[C@@H]1[C@H](OC(=O)CCC)[C@H](c2ccccc2C(=O)c2ccccc2C(=O)O)OC[C@H]1OC(=O)CCC. The second-order valence-corrected chi connectivity index (χ2v) is 9.71. The highest BCUT2D eigenvalue weighted by molar-refractivity contribution is 6.15. The van der Waals surface area contributed by atoms with Gasteiger partial charge in [-0.25, -0.2) is 4.79 Å². The zero-order valence-electron chi connectivity index (χ0n) is 23.5. The summed E-state index contributed by atoms with van der Waals surface area (Å²) in [6, 6.07) is 12.3. The lowest BCUT2D eigenvalue weighted by atomic mass is 9.87. The Labute approximate surface area is 238 Å². The second kappa shape index (κ2) is 15.1. The lowest BCUT2D eigenvalue weighted by Crippen LogP contribution is -2.54. The molecule has 1 aliphatic rings. The van der Waals surface area contributed by atoms with Crippen LogP contribution in [0.25, 0.3) is 0 Å². The van der Waals surface area contributed by atoms with E-state index in [4.69, 9.17) is 18.9 Å². The number of rotatable bonds is 13. The van der Waals surface area contributed by atoms with E-state index in [1.807, 2.05) is 13.8 Å². The molecule has 2 aromatic rings. The molecule has 0 spiro atoms. The van der Waals surface area contributed by atoms with Crippen molar-refractivity contribution in [2.45, 2.75) is 83.7 Å². The number of carbonyl (C=O) groups is 5. The molecule has 1 aliphatic heterocycles. The fourth-order valence-corrected chi connectivity index (χ4v) is 4.64. The van der Waals surface area contributed by atoms with E-state index in [0.717, 1.165) is 0 Å². The minimum Gasteiger partial charge on any atom is -0.478 e. The number of carboxylic acid groups (broad SMARTS) is 1. The van der Waals surface area contributed by atoms with Crippen LogP contribution in [0.5, 0.6) is 0 Å². The third-order valence-electron chi connectivity index (χ3n) is 6.52. The van der Waals surface area contributed by atoms with E-state index >= 15 is 0 Å². The number of ether oxygens (including phenoxy) is 4. The highest BCUT2D eigenvalue weighted by Crippen LogP contribution is 2.37. The Balaban J connectivity index is 2.09. The van der Waals surface area contributed by atoms with Crippen LogP contribution >= 0.6 is 0 Å². The minimum absolute atomic E-state index is 0.0277. The number of benzene rings is 2. The van der Waals surface area contributed by atoms with E-state index in [0.29, 0.717) is 24.8 Å². The lowest BCUT2D eigenvalue weighted by molar-refractivity contribution is -0.229. The fraction of sp³-hybridized carbons (Fsp3) is 0.452. The Morgan fingerprint density at radius 2 is 1.20 bits per heavy atom. The highest BCUT2D eigenvalue weighted by Gasteiger charge is 2.48. The zero-order chi connectivity index (χ0) is 29.9. The predicted molar refractivity (Wildman–Crippen MR) is 146 cm³/mol. The Morgan fingerprint density at radius 3 is 1.76 bits per heavy atom. The molecule has 220 valence electrons. The van der Waals surface area contributed by atoms with Crippen LogP contribution in [0, 0.1) is 0 Å². The summed E-state index contributed by atoms with van der Waals surface area (Å²) < 4.78 is 23.3. The molecule has 10 nitrogen and oxygen atoms in total. The van der Waals surface area contributed by atoms with E-state index in [2.05, 4.69) is 0 Å². The second-order valence-electron chi connectivity index (χ2n) is 9.71. The molecule has 1 N–H and O–H groups in total. The molecule has 0 radical (unpaired) electrons. The van der Waals surface area contributed by atoms with Crippen LogP contribution in [-0.4, -0.2) is 59.7 Å². The van der Waals surface area contributed by atoms with Gasteiger partial charge in [-0.15, -0.1) is 0 Å². The summed E-state index contributed by atoms with van der Waals surface area (Å²) in [4.78, 5) is 63.4. The molecule has 2 aromatic carbocycles. The highest BCUT2D eigenvalue weighted by atomic mass is 16.6. The molecule has 0 saturated carbocycles. The van der Waals surface area contributed by atoms with Gasteiger partial charge in [0.2, 0.25) is 0 Å². The molecule has 41 heavy (non-hydrogen) atoms. The lowest BCUT2D eigenvalue weighted by Gasteiger charge is -2.41. The minimum atomic E-state index is -1.26. The maximum absolute atomic E-state index is 13.7. The molecule has 3 rings (SSSR count). The quantitative estimate of drug-likeness (QED) is 0.203. The molecule has 0 amide bonds. The van der Waals surface area contributed by atoms with Crippen LogP contribution in [-0.2, 0) is 33.3 Å². The van der Waals surface area contributed by atoms with Gasteiger partial charge in [0, 0.05) is 30.4 Å².